The molecule has 1 fully saturated rings. The Morgan fingerprint density at radius 1 is 1.44 bits per heavy atom. The van der Waals surface area contributed by atoms with Gasteiger partial charge in [0.25, 0.3) is 0 Å². The van der Waals surface area contributed by atoms with Crippen molar-refractivity contribution in [2.24, 2.45) is 11.1 Å². The molecule has 0 aromatic rings. The predicted molar refractivity (Wildman–Crippen MR) is 73.3 cm³/mol. The van der Waals surface area contributed by atoms with E-state index in [0.29, 0.717) is 19.6 Å². The van der Waals surface area contributed by atoms with Gasteiger partial charge in [0.2, 0.25) is 5.91 Å². The highest BCUT2D eigenvalue weighted by Crippen LogP contribution is 2.31. The lowest BCUT2D eigenvalue weighted by Crippen LogP contribution is -2.58. The molecular weight excluding hydrogens is 228 g/mol. The quantitative estimate of drug-likeness (QED) is 0.834. The van der Waals surface area contributed by atoms with E-state index in [9.17, 15) is 4.79 Å². The summed E-state index contributed by atoms with van der Waals surface area (Å²) in [5.41, 5.74) is 5.20. The molecule has 1 unspecified atom stereocenters. The van der Waals surface area contributed by atoms with Crippen LogP contribution in [0.2, 0.25) is 0 Å². The summed E-state index contributed by atoms with van der Waals surface area (Å²) in [7, 11) is 0. The summed E-state index contributed by atoms with van der Waals surface area (Å²) in [6.07, 6.45) is 1.68. The highest BCUT2D eigenvalue weighted by atomic mass is 16.5. The Labute approximate surface area is 111 Å². The van der Waals surface area contributed by atoms with Gasteiger partial charge in [-0.2, -0.15) is 0 Å². The number of nitrogens with zero attached hydrogens (tertiary/aromatic N) is 1. The number of carbonyl (C=O) groups excluding carboxylic acids is 1. The van der Waals surface area contributed by atoms with E-state index in [1.54, 1.807) is 0 Å². The standard InChI is InChI=1S/C14H28N2O2/c1-6-14(7-2,9-15)12(17)16-8-11(3)18-13(4,5)10-16/h11H,6-10,15H2,1-5H3. The van der Waals surface area contributed by atoms with Gasteiger partial charge in [0.15, 0.2) is 0 Å². The van der Waals surface area contributed by atoms with Gasteiger partial charge < -0.3 is 15.4 Å². The zero-order valence-corrected chi connectivity index (χ0v) is 12.5. The molecule has 4 heteroatoms. The van der Waals surface area contributed by atoms with Crippen LogP contribution in [0.3, 0.4) is 0 Å². The number of morpholine rings is 1. The summed E-state index contributed by atoms with van der Waals surface area (Å²) >= 11 is 0. The van der Waals surface area contributed by atoms with Crippen molar-refractivity contribution in [1.29, 1.82) is 0 Å². The number of ether oxygens (including phenoxy) is 1. The van der Waals surface area contributed by atoms with Crippen molar-refractivity contribution in [3.8, 4) is 0 Å². The molecule has 1 amide bonds. The van der Waals surface area contributed by atoms with Crippen LogP contribution in [0.25, 0.3) is 0 Å². The molecule has 1 aliphatic rings. The van der Waals surface area contributed by atoms with Crippen molar-refractivity contribution < 1.29 is 9.53 Å². The summed E-state index contributed by atoms with van der Waals surface area (Å²) < 4.78 is 5.84. The van der Waals surface area contributed by atoms with Gasteiger partial charge in [-0.05, 0) is 33.6 Å². The van der Waals surface area contributed by atoms with Gasteiger partial charge >= 0.3 is 0 Å². The Morgan fingerprint density at radius 3 is 2.39 bits per heavy atom. The minimum absolute atomic E-state index is 0.0851. The van der Waals surface area contributed by atoms with Crippen LogP contribution in [-0.4, -0.2) is 42.1 Å². The van der Waals surface area contributed by atoms with E-state index in [-0.39, 0.29) is 17.6 Å². The summed E-state index contributed by atoms with van der Waals surface area (Å²) in [6.45, 7) is 11.9. The molecule has 1 aliphatic heterocycles. The number of carbonyl (C=O) groups is 1. The summed E-state index contributed by atoms with van der Waals surface area (Å²) in [6, 6.07) is 0. The molecule has 0 radical (unpaired) electrons. The van der Waals surface area contributed by atoms with Crippen LogP contribution < -0.4 is 5.73 Å². The molecule has 4 nitrogen and oxygen atoms in total. The molecule has 1 atom stereocenters. The van der Waals surface area contributed by atoms with Crippen molar-refractivity contribution in [2.45, 2.75) is 59.2 Å². The first-order chi connectivity index (χ1) is 8.30. The van der Waals surface area contributed by atoms with Gasteiger partial charge in [0, 0.05) is 19.6 Å². The van der Waals surface area contributed by atoms with E-state index in [1.165, 1.54) is 0 Å². The van der Waals surface area contributed by atoms with E-state index in [0.717, 1.165) is 12.8 Å². The first-order valence-corrected chi connectivity index (χ1v) is 6.97. The van der Waals surface area contributed by atoms with Gasteiger partial charge in [-0.25, -0.2) is 0 Å². The third-order valence-electron chi connectivity index (χ3n) is 4.05. The lowest BCUT2D eigenvalue weighted by Gasteiger charge is -2.45. The number of amides is 1. The van der Waals surface area contributed by atoms with Gasteiger partial charge in [0.1, 0.15) is 0 Å². The molecule has 1 rings (SSSR count). The maximum absolute atomic E-state index is 12.7. The minimum atomic E-state index is -0.396. The summed E-state index contributed by atoms with van der Waals surface area (Å²) in [5, 5.41) is 0. The van der Waals surface area contributed by atoms with Gasteiger partial charge in [-0.3, -0.25) is 4.79 Å². The second kappa shape index (κ2) is 5.57. The zero-order chi connectivity index (χ0) is 14.0. The zero-order valence-electron chi connectivity index (χ0n) is 12.5. The fourth-order valence-electron chi connectivity index (χ4n) is 2.87. The molecule has 106 valence electrons. The van der Waals surface area contributed by atoms with Crippen LogP contribution in [0.15, 0.2) is 0 Å². The molecule has 2 N–H and O–H groups in total. The fourth-order valence-corrected chi connectivity index (χ4v) is 2.87. The number of hydrogen-bond acceptors (Lipinski definition) is 3. The fraction of sp³-hybridized carbons (Fsp3) is 0.929. The summed E-state index contributed by atoms with van der Waals surface area (Å²) in [5.74, 6) is 0.193. The topological polar surface area (TPSA) is 55.6 Å². The van der Waals surface area contributed by atoms with Gasteiger partial charge in [-0.1, -0.05) is 13.8 Å². The van der Waals surface area contributed by atoms with Crippen molar-refractivity contribution in [3.63, 3.8) is 0 Å². The van der Waals surface area contributed by atoms with E-state index < -0.39 is 5.41 Å². The maximum Gasteiger partial charge on any atom is 0.230 e. The van der Waals surface area contributed by atoms with Gasteiger partial charge in [-0.15, -0.1) is 0 Å². The third-order valence-corrected chi connectivity index (χ3v) is 4.05. The number of hydrogen-bond donors (Lipinski definition) is 1. The third kappa shape index (κ3) is 3.04. The molecular formula is C14H28N2O2. The maximum atomic E-state index is 12.7. The monoisotopic (exact) mass is 256 g/mol. The van der Waals surface area contributed by atoms with Crippen LogP contribution >= 0.6 is 0 Å². The highest BCUT2D eigenvalue weighted by Gasteiger charge is 2.41. The molecule has 1 heterocycles. The molecule has 18 heavy (non-hydrogen) atoms. The minimum Gasteiger partial charge on any atom is -0.369 e. The van der Waals surface area contributed by atoms with E-state index in [2.05, 4.69) is 0 Å². The van der Waals surface area contributed by atoms with E-state index in [4.69, 9.17) is 10.5 Å². The van der Waals surface area contributed by atoms with Crippen LogP contribution in [0.4, 0.5) is 0 Å². The van der Waals surface area contributed by atoms with Crippen molar-refractivity contribution >= 4 is 5.91 Å². The SMILES string of the molecule is CCC(CC)(CN)C(=O)N1CC(C)OC(C)(C)C1. The van der Waals surface area contributed by atoms with Crippen LogP contribution in [0, 0.1) is 5.41 Å². The highest BCUT2D eigenvalue weighted by molar-refractivity contribution is 5.83. The number of nitrogens with two attached hydrogens (primary N) is 1. The molecule has 0 aromatic heterocycles. The second-order valence-corrected chi connectivity index (χ2v) is 6.07. The van der Waals surface area contributed by atoms with Gasteiger partial charge in [0.05, 0.1) is 17.1 Å². The normalized spacial score (nSPS) is 24.1. The Kier molecular flexibility index (Phi) is 4.78. The Balaban J connectivity index is 2.88. The van der Waals surface area contributed by atoms with Crippen LogP contribution in [0.1, 0.15) is 47.5 Å². The van der Waals surface area contributed by atoms with E-state index in [1.807, 2.05) is 39.5 Å². The van der Waals surface area contributed by atoms with Crippen molar-refractivity contribution in [1.82, 2.24) is 4.90 Å². The average Bonchev–Trinajstić information content (AvgIpc) is 2.29. The Morgan fingerprint density at radius 2 is 2.00 bits per heavy atom. The Hall–Kier alpha value is -0.610. The van der Waals surface area contributed by atoms with Crippen LogP contribution in [-0.2, 0) is 9.53 Å². The molecule has 0 aliphatic carbocycles. The average molecular weight is 256 g/mol. The van der Waals surface area contributed by atoms with Crippen molar-refractivity contribution in [3.05, 3.63) is 0 Å². The lowest BCUT2D eigenvalue weighted by molar-refractivity contribution is -0.167. The summed E-state index contributed by atoms with van der Waals surface area (Å²) in [4.78, 5) is 14.7. The van der Waals surface area contributed by atoms with Crippen molar-refractivity contribution in [2.75, 3.05) is 19.6 Å². The Bertz CT molecular complexity index is 290. The second-order valence-electron chi connectivity index (χ2n) is 6.07. The molecule has 0 bridgehead atoms. The molecule has 0 spiro atoms. The first kappa shape index (κ1) is 15.4. The van der Waals surface area contributed by atoms with E-state index >= 15 is 0 Å². The van der Waals surface area contributed by atoms with Crippen LogP contribution in [0.5, 0.6) is 0 Å². The molecule has 0 saturated carbocycles. The largest absolute Gasteiger partial charge is 0.369 e. The number of rotatable bonds is 4. The predicted octanol–water partition coefficient (Wildman–Crippen LogP) is 1.78. The molecule has 1 saturated heterocycles. The molecule has 0 aromatic carbocycles. The first-order valence-electron chi connectivity index (χ1n) is 6.97. The smallest absolute Gasteiger partial charge is 0.230 e. The lowest BCUT2D eigenvalue weighted by atomic mass is 9.80.